The quantitative estimate of drug-likeness (QED) is 0.784. The smallest absolute Gasteiger partial charge is 0.408 e. The van der Waals surface area contributed by atoms with Gasteiger partial charge in [-0.2, -0.15) is 0 Å². The Bertz CT molecular complexity index is 551. The van der Waals surface area contributed by atoms with Gasteiger partial charge in [-0.25, -0.2) is 4.79 Å². The number of hydrogen-bond acceptors (Lipinski definition) is 2. The van der Waals surface area contributed by atoms with Crippen LogP contribution in [0.3, 0.4) is 0 Å². The zero-order valence-corrected chi connectivity index (χ0v) is 8.95. The van der Waals surface area contributed by atoms with Gasteiger partial charge in [0, 0.05) is 10.5 Å². The Morgan fingerprint density at radius 2 is 2.21 bits per heavy atom. The van der Waals surface area contributed by atoms with Gasteiger partial charge in [-0.1, -0.05) is 15.9 Å². The molecule has 14 heavy (non-hydrogen) atoms. The molecule has 0 atom stereocenters. The largest absolute Gasteiger partial charge is 0.420 e. The van der Waals surface area contributed by atoms with Gasteiger partial charge in [0.15, 0.2) is 5.58 Å². The highest BCUT2D eigenvalue weighted by atomic mass is 79.9. The van der Waals surface area contributed by atoms with Crippen LogP contribution in [0.15, 0.2) is 31.9 Å². The minimum Gasteiger partial charge on any atom is -0.408 e. The molecule has 0 saturated heterocycles. The Balaban J connectivity index is 2.37. The zero-order chi connectivity index (χ0) is 9.71. The van der Waals surface area contributed by atoms with E-state index >= 15 is 0 Å². The molecule has 1 aromatic carbocycles. The van der Waals surface area contributed by atoms with Crippen molar-refractivity contribution in [3.63, 3.8) is 0 Å². The Morgan fingerprint density at radius 3 is 2.93 bits per heavy atom. The fourth-order valence-corrected chi connectivity index (χ4v) is 2.03. The fraction of sp³-hybridized carbons (Fsp3) is 0.300. The second-order valence-corrected chi connectivity index (χ2v) is 4.50. The topological polar surface area (TPSA) is 35.1 Å². The lowest BCUT2D eigenvalue weighted by Gasteiger charge is -1.96. The number of oxazole rings is 1. The zero-order valence-electron chi connectivity index (χ0n) is 7.37. The van der Waals surface area contributed by atoms with E-state index in [0.717, 1.165) is 22.8 Å². The van der Waals surface area contributed by atoms with Crippen LogP contribution < -0.4 is 5.76 Å². The molecule has 0 radical (unpaired) electrons. The Morgan fingerprint density at radius 1 is 1.43 bits per heavy atom. The lowest BCUT2D eigenvalue weighted by molar-refractivity contribution is 0.509. The summed E-state index contributed by atoms with van der Waals surface area (Å²) in [5.41, 5.74) is 1.57. The number of aromatic nitrogens is 1. The predicted octanol–water partition coefficient (Wildman–Crippen LogP) is 2.69. The van der Waals surface area contributed by atoms with Crippen LogP contribution in [0.5, 0.6) is 0 Å². The van der Waals surface area contributed by atoms with E-state index in [-0.39, 0.29) is 5.76 Å². The summed E-state index contributed by atoms with van der Waals surface area (Å²) in [6, 6.07) is 6.04. The van der Waals surface area contributed by atoms with Crippen molar-refractivity contribution in [2.24, 2.45) is 0 Å². The SMILES string of the molecule is O=c1oc2cc(Br)ccc2n1C1CC1. The number of halogens is 1. The van der Waals surface area contributed by atoms with Gasteiger partial charge in [-0.3, -0.25) is 4.57 Å². The Labute approximate surface area is 88.5 Å². The minimum atomic E-state index is -0.236. The number of hydrogen-bond donors (Lipinski definition) is 0. The molecule has 0 bridgehead atoms. The molecule has 4 heteroatoms. The predicted molar refractivity (Wildman–Crippen MR) is 56.4 cm³/mol. The number of nitrogens with zero attached hydrogens (tertiary/aromatic N) is 1. The van der Waals surface area contributed by atoms with Crippen LogP contribution in [0, 0.1) is 0 Å². The minimum absolute atomic E-state index is 0.236. The maximum Gasteiger partial charge on any atom is 0.420 e. The number of fused-ring (bicyclic) bond motifs is 1. The van der Waals surface area contributed by atoms with E-state index < -0.39 is 0 Å². The van der Waals surface area contributed by atoms with Crippen molar-refractivity contribution < 1.29 is 4.42 Å². The standard InChI is InChI=1S/C10H8BrNO2/c11-6-1-4-8-9(5-6)14-10(13)12(8)7-2-3-7/h1,4-5,7H,2-3H2. The van der Waals surface area contributed by atoms with Crippen LogP contribution in [0.25, 0.3) is 11.1 Å². The molecule has 1 heterocycles. The molecule has 0 amide bonds. The second-order valence-electron chi connectivity index (χ2n) is 3.58. The van der Waals surface area contributed by atoms with Crippen LogP contribution >= 0.6 is 15.9 Å². The summed E-state index contributed by atoms with van der Waals surface area (Å²) in [6.45, 7) is 0. The van der Waals surface area contributed by atoms with Gasteiger partial charge < -0.3 is 4.42 Å². The average molecular weight is 254 g/mol. The summed E-state index contributed by atoms with van der Waals surface area (Å²) in [7, 11) is 0. The Kier molecular flexibility index (Phi) is 1.62. The third kappa shape index (κ3) is 1.14. The summed E-state index contributed by atoms with van der Waals surface area (Å²) >= 11 is 3.35. The lowest BCUT2D eigenvalue weighted by Crippen LogP contribution is -2.11. The molecule has 1 aromatic heterocycles. The van der Waals surface area contributed by atoms with Gasteiger partial charge in [-0.15, -0.1) is 0 Å². The molecule has 1 aliphatic carbocycles. The van der Waals surface area contributed by atoms with Crippen molar-refractivity contribution in [3.8, 4) is 0 Å². The summed E-state index contributed by atoms with van der Waals surface area (Å²) in [6.07, 6.45) is 2.18. The van der Waals surface area contributed by atoms with Crippen molar-refractivity contribution in [2.45, 2.75) is 18.9 Å². The van der Waals surface area contributed by atoms with E-state index in [1.165, 1.54) is 0 Å². The molecule has 1 fully saturated rings. The number of benzene rings is 1. The molecule has 3 nitrogen and oxygen atoms in total. The van der Waals surface area contributed by atoms with E-state index in [9.17, 15) is 4.79 Å². The van der Waals surface area contributed by atoms with Crippen molar-refractivity contribution in [1.29, 1.82) is 0 Å². The maximum atomic E-state index is 11.5. The summed E-state index contributed by atoms with van der Waals surface area (Å²) < 4.78 is 7.84. The van der Waals surface area contributed by atoms with Crippen LogP contribution in [0.4, 0.5) is 0 Å². The van der Waals surface area contributed by atoms with E-state index in [2.05, 4.69) is 15.9 Å². The maximum absolute atomic E-state index is 11.5. The first-order valence-electron chi connectivity index (χ1n) is 4.56. The first kappa shape index (κ1) is 8.29. The van der Waals surface area contributed by atoms with Crippen molar-refractivity contribution in [1.82, 2.24) is 4.57 Å². The highest BCUT2D eigenvalue weighted by Gasteiger charge is 2.28. The molecule has 3 rings (SSSR count). The van der Waals surface area contributed by atoms with E-state index in [1.807, 2.05) is 18.2 Å². The first-order valence-corrected chi connectivity index (χ1v) is 5.35. The molecule has 1 aliphatic rings. The van der Waals surface area contributed by atoms with Crippen molar-refractivity contribution in [2.75, 3.05) is 0 Å². The van der Waals surface area contributed by atoms with Crippen molar-refractivity contribution >= 4 is 27.0 Å². The monoisotopic (exact) mass is 253 g/mol. The fourth-order valence-electron chi connectivity index (χ4n) is 1.69. The summed E-state index contributed by atoms with van der Waals surface area (Å²) in [5.74, 6) is -0.236. The van der Waals surface area contributed by atoms with E-state index in [1.54, 1.807) is 4.57 Å². The second kappa shape index (κ2) is 2.73. The summed E-state index contributed by atoms with van der Waals surface area (Å²) in [4.78, 5) is 11.5. The average Bonchev–Trinajstić information content (AvgIpc) is 2.89. The van der Waals surface area contributed by atoms with Gasteiger partial charge in [-0.05, 0) is 31.0 Å². The Hall–Kier alpha value is -1.03. The number of rotatable bonds is 1. The van der Waals surface area contributed by atoms with E-state index in [0.29, 0.717) is 11.6 Å². The molecule has 0 unspecified atom stereocenters. The van der Waals surface area contributed by atoms with Gasteiger partial charge in [0.25, 0.3) is 0 Å². The third-order valence-corrected chi connectivity index (χ3v) is 2.98. The van der Waals surface area contributed by atoms with Gasteiger partial charge in [0.2, 0.25) is 0 Å². The van der Waals surface area contributed by atoms with Gasteiger partial charge >= 0.3 is 5.76 Å². The van der Waals surface area contributed by atoms with Gasteiger partial charge in [0.05, 0.1) is 5.52 Å². The van der Waals surface area contributed by atoms with Crippen LogP contribution in [0.1, 0.15) is 18.9 Å². The molecule has 1 saturated carbocycles. The molecular formula is C10H8BrNO2. The highest BCUT2D eigenvalue weighted by molar-refractivity contribution is 9.10. The molecular weight excluding hydrogens is 246 g/mol. The molecule has 2 aromatic rings. The third-order valence-electron chi connectivity index (χ3n) is 2.49. The summed E-state index contributed by atoms with van der Waals surface area (Å²) in [5, 5.41) is 0. The van der Waals surface area contributed by atoms with Crippen LogP contribution in [-0.4, -0.2) is 4.57 Å². The molecule has 0 aliphatic heterocycles. The van der Waals surface area contributed by atoms with Crippen LogP contribution in [0.2, 0.25) is 0 Å². The van der Waals surface area contributed by atoms with Crippen LogP contribution in [-0.2, 0) is 0 Å². The molecule has 72 valence electrons. The van der Waals surface area contributed by atoms with Crippen molar-refractivity contribution in [3.05, 3.63) is 33.2 Å². The normalized spacial score (nSPS) is 16.4. The van der Waals surface area contributed by atoms with E-state index in [4.69, 9.17) is 4.42 Å². The first-order chi connectivity index (χ1) is 6.75. The molecule has 0 N–H and O–H groups in total. The lowest BCUT2D eigenvalue weighted by atomic mass is 10.3. The van der Waals surface area contributed by atoms with Gasteiger partial charge in [0.1, 0.15) is 0 Å². The molecule has 0 spiro atoms. The highest BCUT2D eigenvalue weighted by Crippen LogP contribution is 2.36.